The molecule has 4 rings (SSSR count). The number of benzene rings is 2. The van der Waals surface area contributed by atoms with E-state index in [9.17, 15) is 4.79 Å². The molecule has 11 heteroatoms. The van der Waals surface area contributed by atoms with Crippen molar-refractivity contribution in [1.82, 2.24) is 9.97 Å². The van der Waals surface area contributed by atoms with Crippen molar-refractivity contribution in [3.8, 4) is 11.3 Å². The van der Waals surface area contributed by atoms with Gasteiger partial charge in [-0.15, -0.1) is 0 Å². The second-order valence-corrected chi connectivity index (χ2v) is 8.97. The van der Waals surface area contributed by atoms with E-state index in [1.165, 1.54) is 6.07 Å². The smallest absolute Gasteiger partial charge is 0.193 e. The highest BCUT2D eigenvalue weighted by molar-refractivity contribution is 6.00. The minimum Gasteiger partial charge on any atom is -0.453 e. The third-order valence-electron chi connectivity index (χ3n) is 6.17. The second kappa shape index (κ2) is 16.1. The molecule has 0 aliphatic rings. The van der Waals surface area contributed by atoms with Crippen molar-refractivity contribution in [3.05, 3.63) is 59.0 Å². The molecular formula is C29H37N3O8. The Morgan fingerprint density at radius 1 is 0.825 bits per heavy atom. The minimum atomic E-state index is -0.0985. The van der Waals surface area contributed by atoms with Gasteiger partial charge in [0.1, 0.15) is 11.3 Å². The van der Waals surface area contributed by atoms with Crippen LogP contribution in [-0.2, 0) is 23.7 Å². The summed E-state index contributed by atoms with van der Waals surface area (Å²) in [6.07, 6.45) is 1.59. The zero-order chi connectivity index (χ0) is 28.0. The van der Waals surface area contributed by atoms with Crippen LogP contribution < -0.4 is 10.3 Å². The number of aliphatic hydroxyl groups is 1. The summed E-state index contributed by atoms with van der Waals surface area (Å²) in [4.78, 5) is 22.1. The molecule has 0 fully saturated rings. The van der Waals surface area contributed by atoms with E-state index in [2.05, 4.69) is 14.9 Å². The van der Waals surface area contributed by atoms with Gasteiger partial charge < -0.3 is 43.1 Å². The first-order valence-electron chi connectivity index (χ1n) is 13.4. The molecule has 11 nitrogen and oxygen atoms in total. The third-order valence-corrected chi connectivity index (χ3v) is 6.17. The van der Waals surface area contributed by atoms with Gasteiger partial charge in [0, 0.05) is 30.9 Å². The number of aromatic amines is 1. The van der Waals surface area contributed by atoms with Crippen LogP contribution in [-0.4, -0.2) is 101 Å². The fourth-order valence-electron chi connectivity index (χ4n) is 4.02. The van der Waals surface area contributed by atoms with Crippen LogP contribution in [0.5, 0.6) is 0 Å². The number of imidazole rings is 1. The monoisotopic (exact) mass is 555 g/mol. The van der Waals surface area contributed by atoms with E-state index in [0.29, 0.717) is 88.3 Å². The van der Waals surface area contributed by atoms with Crippen LogP contribution in [0, 0.1) is 0 Å². The summed E-state index contributed by atoms with van der Waals surface area (Å²) in [7, 11) is 2.00. The maximum atomic E-state index is 12.7. The van der Waals surface area contributed by atoms with Gasteiger partial charge in [0.05, 0.1) is 89.9 Å². The maximum absolute atomic E-state index is 12.7. The summed E-state index contributed by atoms with van der Waals surface area (Å²) in [6, 6.07) is 13.0. The van der Waals surface area contributed by atoms with Gasteiger partial charge in [-0.05, 0) is 36.4 Å². The lowest BCUT2D eigenvalue weighted by molar-refractivity contribution is -0.0128. The summed E-state index contributed by atoms with van der Waals surface area (Å²) in [6.45, 7) is 5.59. The number of hydrogen-bond acceptors (Lipinski definition) is 10. The first-order valence-corrected chi connectivity index (χ1v) is 13.4. The highest BCUT2D eigenvalue weighted by atomic mass is 16.6. The number of aliphatic hydroxyl groups excluding tert-OH is 1. The maximum Gasteiger partial charge on any atom is 0.193 e. The molecule has 4 aromatic rings. The Morgan fingerprint density at radius 2 is 1.43 bits per heavy atom. The van der Waals surface area contributed by atoms with Gasteiger partial charge in [-0.1, -0.05) is 0 Å². The molecule has 216 valence electrons. The van der Waals surface area contributed by atoms with Crippen LogP contribution in [0.3, 0.4) is 0 Å². The van der Waals surface area contributed by atoms with Crippen molar-refractivity contribution in [1.29, 1.82) is 0 Å². The molecule has 0 spiro atoms. The molecule has 2 N–H and O–H groups in total. The zero-order valence-corrected chi connectivity index (χ0v) is 22.8. The Morgan fingerprint density at radius 3 is 2.05 bits per heavy atom. The van der Waals surface area contributed by atoms with Gasteiger partial charge >= 0.3 is 0 Å². The lowest BCUT2D eigenvalue weighted by atomic mass is 10.1. The number of likely N-dealkylation sites (N-methyl/N-ethyl adjacent to an activating group) is 1. The predicted molar refractivity (Wildman–Crippen MR) is 152 cm³/mol. The summed E-state index contributed by atoms with van der Waals surface area (Å²) in [5.41, 5.74) is 3.70. The van der Waals surface area contributed by atoms with Gasteiger partial charge in [-0.25, -0.2) is 4.98 Å². The largest absolute Gasteiger partial charge is 0.453 e. The van der Waals surface area contributed by atoms with Crippen LogP contribution in [0.15, 0.2) is 58.0 Å². The molecule has 40 heavy (non-hydrogen) atoms. The van der Waals surface area contributed by atoms with E-state index >= 15 is 0 Å². The quantitative estimate of drug-likeness (QED) is 0.167. The van der Waals surface area contributed by atoms with E-state index < -0.39 is 0 Å². The SMILES string of the molecule is CN(CCOCCOCCOCCOCCOCCO)c1ccc(-c2cc(=O)c3ccc4[nH]cnc4c3o2)cc1. The van der Waals surface area contributed by atoms with Crippen LogP contribution in [0.1, 0.15) is 0 Å². The molecule has 0 unspecified atom stereocenters. The van der Waals surface area contributed by atoms with Crippen molar-refractivity contribution in [2.75, 3.05) is 91.2 Å². The lowest BCUT2D eigenvalue weighted by Gasteiger charge is -2.19. The summed E-state index contributed by atoms with van der Waals surface area (Å²) in [5, 5.41) is 9.11. The first-order chi connectivity index (χ1) is 19.7. The van der Waals surface area contributed by atoms with Crippen molar-refractivity contribution < 1.29 is 33.2 Å². The average Bonchev–Trinajstić information content (AvgIpc) is 3.46. The van der Waals surface area contributed by atoms with E-state index in [1.54, 1.807) is 12.4 Å². The molecule has 2 aromatic heterocycles. The molecular weight excluding hydrogens is 518 g/mol. The van der Waals surface area contributed by atoms with Gasteiger partial charge in [-0.3, -0.25) is 4.79 Å². The highest BCUT2D eigenvalue weighted by Crippen LogP contribution is 2.27. The molecule has 2 aromatic carbocycles. The molecule has 0 aliphatic heterocycles. The summed E-state index contributed by atoms with van der Waals surface area (Å²) < 4.78 is 33.2. The van der Waals surface area contributed by atoms with Gasteiger partial charge in [-0.2, -0.15) is 0 Å². The van der Waals surface area contributed by atoms with E-state index in [1.807, 2.05) is 37.4 Å². The number of H-pyrrole nitrogens is 1. The number of nitrogens with one attached hydrogen (secondary N) is 1. The molecule has 0 amide bonds. The van der Waals surface area contributed by atoms with Crippen molar-refractivity contribution in [2.24, 2.45) is 0 Å². The molecule has 2 heterocycles. The van der Waals surface area contributed by atoms with E-state index in [-0.39, 0.29) is 12.0 Å². The molecule has 0 saturated carbocycles. The van der Waals surface area contributed by atoms with Crippen LogP contribution in [0.25, 0.3) is 33.3 Å². The van der Waals surface area contributed by atoms with E-state index in [4.69, 9.17) is 33.2 Å². The molecule has 0 radical (unpaired) electrons. The highest BCUT2D eigenvalue weighted by Gasteiger charge is 2.12. The number of rotatable bonds is 19. The molecule has 0 aliphatic carbocycles. The number of ether oxygens (including phenoxy) is 5. The normalized spacial score (nSPS) is 11.6. The van der Waals surface area contributed by atoms with Gasteiger partial charge in [0.25, 0.3) is 0 Å². The fourth-order valence-corrected chi connectivity index (χ4v) is 4.02. The van der Waals surface area contributed by atoms with Crippen LogP contribution in [0.4, 0.5) is 5.69 Å². The van der Waals surface area contributed by atoms with Gasteiger partial charge in [0.2, 0.25) is 0 Å². The third kappa shape index (κ3) is 8.59. The van der Waals surface area contributed by atoms with E-state index in [0.717, 1.165) is 23.3 Å². The summed E-state index contributed by atoms with van der Waals surface area (Å²) in [5.74, 6) is 0.504. The number of anilines is 1. The first kappa shape index (κ1) is 29.7. The van der Waals surface area contributed by atoms with Gasteiger partial charge in [0.15, 0.2) is 11.0 Å². The predicted octanol–water partition coefficient (Wildman–Crippen LogP) is 2.85. The van der Waals surface area contributed by atoms with Crippen molar-refractivity contribution in [2.45, 2.75) is 0 Å². The Hall–Kier alpha value is -3.32. The summed E-state index contributed by atoms with van der Waals surface area (Å²) >= 11 is 0. The standard InChI is InChI=1S/C29H37N3O8/c1-32(8-10-35-12-14-37-16-18-39-19-17-38-15-13-36-11-9-33)23-4-2-22(3-5-23)27-20-26(34)24-6-7-25-28(29(24)40-27)31-21-30-25/h2-7,20-21,33H,8-19H2,1H3,(H,30,31). The van der Waals surface area contributed by atoms with Crippen molar-refractivity contribution >= 4 is 27.7 Å². The number of aromatic nitrogens is 2. The zero-order valence-electron chi connectivity index (χ0n) is 22.8. The molecule has 0 atom stereocenters. The topological polar surface area (TPSA) is 129 Å². The average molecular weight is 556 g/mol. The second-order valence-electron chi connectivity index (χ2n) is 8.97. The van der Waals surface area contributed by atoms with Crippen LogP contribution in [0.2, 0.25) is 0 Å². The fraction of sp³-hybridized carbons (Fsp3) is 0.448. The Labute approximate surface area is 232 Å². The molecule has 0 saturated heterocycles. The van der Waals surface area contributed by atoms with Crippen molar-refractivity contribution in [3.63, 3.8) is 0 Å². The number of fused-ring (bicyclic) bond motifs is 3. The Balaban J connectivity index is 1.10. The van der Waals surface area contributed by atoms with Crippen LogP contribution >= 0.6 is 0 Å². The number of nitrogens with zero attached hydrogens (tertiary/aromatic N) is 2. The molecule has 0 bridgehead atoms. The lowest BCUT2D eigenvalue weighted by Crippen LogP contribution is -2.23. The minimum absolute atomic E-state index is 0.0219. The Bertz CT molecular complexity index is 1360. The number of hydrogen-bond donors (Lipinski definition) is 2. The Kier molecular flexibility index (Phi) is 11.9.